The lowest BCUT2D eigenvalue weighted by atomic mass is 10.3. The highest BCUT2D eigenvalue weighted by Crippen LogP contribution is 2.22. The van der Waals surface area contributed by atoms with Gasteiger partial charge in [0.2, 0.25) is 0 Å². The largest absolute Gasteiger partial charge is 0.505 e. The Balaban J connectivity index is 1.96. The van der Waals surface area contributed by atoms with Crippen LogP contribution < -0.4 is 5.32 Å². The monoisotopic (exact) mass is 300 g/mol. The molecule has 104 valence electrons. The number of aromatic hydroxyl groups is 1. The lowest BCUT2D eigenvalue weighted by Crippen LogP contribution is -2.15. The van der Waals surface area contributed by atoms with Gasteiger partial charge in [-0.2, -0.15) is 0 Å². The number of benzene rings is 1. The van der Waals surface area contributed by atoms with E-state index in [4.69, 9.17) is 11.6 Å². The highest BCUT2D eigenvalue weighted by Gasteiger charge is 2.15. The van der Waals surface area contributed by atoms with Gasteiger partial charge in [0.05, 0.1) is 11.0 Å². The molecule has 1 aromatic carbocycles. The second-order valence-electron chi connectivity index (χ2n) is 4.18. The van der Waals surface area contributed by atoms with Gasteiger partial charge in [0, 0.05) is 6.20 Å². The second kappa shape index (κ2) is 5.34. The van der Waals surface area contributed by atoms with E-state index >= 15 is 0 Å². The van der Waals surface area contributed by atoms with Crippen molar-refractivity contribution in [3.8, 4) is 5.75 Å². The first-order valence-corrected chi connectivity index (χ1v) is 6.40. The van der Waals surface area contributed by atoms with Gasteiger partial charge in [0.25, 0.3) is 5.91 Å². The van der Waals surface area contributed by atoms with Gasteiger partial charge in [0.1, 0.15) is 5.75 Å². The van der Waals surface area contributed by atoms with E-state index in [0.29, 0.717) is 11.0 Å². The minimum absolute atomic E-state index is 0.0671. The van der Waals surface area contributed by atoms with E-state index in [1.165, 1.54) is 18.3 Å². The summed E-state index contributed by atoms with van der Waals surface area (Å²) in [4.78, 5) is 24.3. The molecule has 0 atom stereocenters. The first-order chi connectivity index (χ1) is 10.1. The molecule has 0 radical (unpaired) electrons. The molecule has 0 bridgehead atoms. The predicted molar refractivity (Wildman–Crippen MR) is 78.4 cm³/mol. The fraction of sp³-hybridized carbons (Fsp3) is 0. The molecule has 0 saturated heterocycles. The van der Waals surface area contributed by atoms with Crippen LogP contribution >= 0.6 is 11.6 Å². The van der Waals surface area contributed by atoms with Crippen molar-refractivity contribution in [3.05, 3.63) is 53.4 Å². The molecule has 0 fully saturated rings. The predicted octanol–water partition coefficient (Wildman–Crippen LogP) is 2.64. The van der Waals surface area contributed by atoms with Gasteiger partial charge in [-0.1, -0.05) is 23.7 Å². The molecule has 0 aliphatic heterocycles. The molecule has 3 rings (SSSR count). The van der Waals surface area contributed by atoms with Crippen molar-refractivity contribution in [2.24, 2.45) is 0 Å². The van der Waals surface area contributed by atoms with Gasteiger partial charge in [0.15, 0.2) is 16.7 Å². The van der Waals surface area contributed by atoms with Crippen LogP contribution in [0.3, 0.4) is 0 Å². The molecule has 6 nitrogen and oxygen atoms in total. The fourth-order valence-corrected chi connectivity index (χ4v) is 1.98. The maximum absolute atomic E-state index is 12.1. The number of hydrogen-bond acceptors (Lipinski definition) is 5. The van der Waals surface area contributed by atoms with E-state index in [1.54, 1.807) is 18.2 Å². The molecule has 2 N–H and O–H groups in total. The van der Waals surface area contributed by atoms with Crippen LogP contribution in [0.1, 0.15) is 10.5 Å². The van der Waals surface area contributed by atoms with Crippen molar-refractivity contribution >= 4 is 34.4 Å². The number of anilines is 1. The molecular formula is C14H9ClN4O2. The van der Waals surface area contributed by atoms with Crippen LogP contribution in [0, 0.1) is 0 Å². The van der Waals surface area contributed by atoms with Gasteiger partial charge in [-0.3, -0.25) is 4.79 Å². The summed E-state index contributed by atoms with van der Waals surface area (Å²) in [5, 5.41) is 12.2. The van der Waals surface area contributed by atoms with Crippen LogP contribution in [-0.2, 0) is 0 Å². The van der Waals surface area contributed by atoms with Crippen LogP contribution in [-0.4, -0.2) is 26.0 Å². The third-order valence-corrected chi connectivity index (χ3v) is 3.02. The molecule has 0 saturated carbocycles. The summed E-state index contributed by atoms with van der Waals surface area (Å²) in [7, 11) is 0. The molecule has 2 heterocycles. The Labute approximate surface area is 124 Å². The number of aromatic nitrogens is 3. The van der Waals surface area contributed by atoms with Crippen molar-refractivity contribution < 1.29 is 9.90 Å². The number of para-hydroxylation sites is 2. The molecule has 0 unspecified atom stereocenters. The summed E-state index contributed by atoms with van der Waals surface area (Å²) in [6, 6.07) is 10.0. The highest BCUT2D eigenvalue weighted by atomic mass is 35.5. The summed E-state index contributed by atoms with van der Waals surface area (Å²) in [6.07, 6.45) is 1.41. The van der Waals surface area contributed by atoms with E-state index in [2.05, 4.69) is 20.3 Å². The molecule has 0 aliphatic carbocycles. The molecule has 2 aromatic heterocycles. The average Bonchev–Trinajstić information content (AvgIpc) is 2.48. The smallest absolute Gasteiger partial charge is 0.279 e. The van der Waals surface area contributed by atoms with Crippen molar-refractivity contribution in [1.29, 1.82) is 0 Å². The van der Waals surface area contributed by atoms with E-state index in [1.807, 2.05) is 6.07 Å². The molecular weight excluding hydrogens is 292 g/mol. The van der Waals surface area contributed by atoms with Gasteiger partial charge in [-0.15, -0.1) is 0 Å². The van der Waals surface area contributed by atoms with Crippen LogP contribution in [0.15, 0.2) is 42.6 Å². The zero-order valence-electron chi connectivity index (χ0n) is 10.6. The normalized spacial score (nSPS) is 10.5. The Morgan fingerprint density at radius 2 is 1.81 bits per heavy atom. The van der Waals surface area contributed by atoms with E-state index < -0.39 is 5.91 Å². The Hall–Kier alpha value is -2.73. The quantitative estimate of drug-likeness (QED) is 0.759. The summed E-state index contributed by atoms with van der Waals surface area (Å²) >= 11 is 6.00. The molecule has 0 aliphatic rings. The fourth-order valence-electron chi connectivity index (χ4n) is 1.80. The van der Waals surface area contributed by atoms with Crippen molar-refractivity contribution in [2.45, 2.75) is 0 Å². The van der Waals surface area contributed by atoms with Crippen LogP contribution in [0.4, 0.5) is 5.82 Å². The summed E-state index contributed by atoms with van der Waals surface area (Å²) in [5.41, 5.74) is 1.12. The average molecular weight is 301 g/mol. The molecule has 21 heavy (non-hydrogen) atoms. The lowest BCUT2D eigenvalue weighted by molar-refractivity contribution is 0.101. The third kappa shape index (κ3) is 2.61. The number of carbonyl (C=O) groups excluding carboxylic acids is 1. The Kier molecular flexibility index (Phi) is 3.37. The highest BCUT2D eigenvalue weighted by molar-refractivity contribution is 6.32. The number of hydrogen-bond donors (Lipinski definition) is 2. The molecule has 1 amide bonds. The van der Waals surface area contributed by atoms with Crippen molar-refractivity contribution in [1.82, 2.24) is 15.0 Å². The minimum Gasteiger partial charge on any atom is -0.505 e. The summed E-state index contributed by atoms with van der Waals surface area (Å²) in [5.74, 6) is -0.718. The van der Waals surface area contributed by atoms with E-state index in [0.717, 1.165) is 0 Å². The topological polar surface area (TPSA) is 88.0 Å². The van der Waals surface area contributed by atoms with Gasteiger partial charge in [-0.05, 0) is 24.3 Å². The zero-order chi connectivity index (χ0) is 14.8. The second-order valence-corrected chi connectivity index (χ2v) is 4.54. The van der Waals surface area contributed by atoms with Crippen LogP contribution in [0.25, 0.3) is 11.0 Å². The maximum Gasteiger partial charge on any atom is 0.279 e. The van der Waals surface area contributed by atoms with Crippen molar-refractivity contribution in [2.75, 3.05) is 5.32 Å². The number of nitrogens with one attached hydrogen (secondary N) is 1. The number of nitrogens with zero attached hydrogens (tertiary/aromatic N) is 3. The molecule has 7 heteroatoms. The number of halogens is 1. The summed E-state index contributed by atoms with van der Waals surface area (Å²) < 4.78 is 0. The zero-order valence-corrected chi connectivity index (χ0v) is 11.4. The van der Waals surface area contributed by atoms with E-state index in [-0.39, 0.29) is 22.4 Å². The maximum atomic E-state index is 12.1. The van der Waals surface area contributed by atoms with Crippen LogP contribution in [0.2, 0.25) is 5.15 Å². The number of fused-ring (bicyclic) bond motifs is 1. The molecule has 3 aromatic rings. The summed E-state index contributed by atoms with van der Waals surface area (Å²) in [6.45, 7) is 0. The number of carbonyl (C=O) groups is 1. The first-order valence-electron chi connectivity index (χ1n) is 6.03. The van der Waals surface area contributed by atoms with E-state index in [9.17, 15) is 9.90 Å². The van der Waals surface area contributed by atoms with Gasteiger partial charge >= 0.3 is 0 Å². The Bertz CT molecular complexity index is 838. The lowest BCUT2D eigenvalue weighted by Gasteiger charge is -2.07. The first kappa shape index (κ1) is 13.3. The standard InChI is InChI=1S/C14H9ClN4O2/c15-12-13(18-9-5-2-1-4-8(9)17-12)19-14(21)11-10(20)6-3-7-16-11/h1-7,20H,(H,18,19,21). The SMILES string of the molecule is O=C(Nc1nc2ccccc2nc1Cl)c1ncccc1O. The number of rotatable bonds is 2. The molecule has 0 spiro atoms. The Morgan fingerprint density at radius 3 is 2.52 bits per heavy atom. The van der Waals surface area contributed by atoms with Gasteiger partial charge in [-0.25, -0.2) is 15.0 Å². The van der Waals surface area contributed by atoms with Crippen LogP contribution in [0.5, 0.6) is 5.75 Å². The minimum atomic E-state index is -0.611. The Morgan fingerprint density at radius 1 is 1.10 bits per heavy atom. The number of amides is 1. The van der Waals surface area contributed by atoms with Crippen molar-refractivity contribution in [3.63, 3.8) is 0 Å². The third-order valence-electron chi connectivity index (χ3n) is 2.76. The number of pyridine rings is 1. The van der Waals surface area contributed by atoms with Gasteiger partial charge < -0.3 is 10.4 Å².